The Balaban J connectivity index is 1.82. The highest BCUT2D eigenvalue weighted by Gasteiger charge is 2.36. The van der Waals surface area contributed by atoms with Gasteiger partial charge in [0.15, 0.2) is 5.84 Å². The van der Waals surface area contributed by atoms with Gasteiger partial charge in [-0.05, 0) is 30.7 Å². The number of fused-ring (bicyclic) bond motifs is 1. The van der Waals surface area contributed by atoms with Gasteiger partial charge in [-0.15, -0.1) is 0 Å². The zero-order chi connectivity index (χ0) is 26.0. The molecular weight excluding hydrogens is 469 g/mol. The van der Waals surface area contributed by atoms with Crippen molar-refractivity contribution >= 4 is 17.7 Å². The van der Waals surface area contributed by atoms with Crippen molar-refractivity contribution < 1.29 is 23.9 Å². The molecule has 3 aromatic rings. The first-order valence-electron chi connectivity index (χ1n) is 11.1. The summed E-state index contributed by atoms with van der Waals surface area (Å²) in [5.74, 6) is -3.19. The number of nitrogens with two attached hydrogens (primary N) is 2. The number of primary amides is 1. The highest BCUT2D eigenvalue weighted by molar-refractivity contribution is 6.01. The Morgan fingerprint density at radius 3 is 2.75 bits per heavy atom. The zero-order valence-electron chi connectivity index (χ0n) is 19.9. The van der Waals surface area contributed by atoms with Crippen LogP contribution in [0.25, 0.3) is 11.3 Å². The third-order valence-electron chi connectivity index (χ3n) is 5.85. The highest BCUT2D eigenvalue weighted by Crippen LogP contribution is 2.36. The number of aliphatic imine (C=N–C) groups is 1. The Morgan fingerprint density at radius 2 is 2.06 bits per heavy atom. The van der Waals surface area contributed by atoms with Crippen molar-refractivity contribution in [3.8, 4) is 17.1 Å². The number of anilines is 1. The topological polar surface area (TPSA) is 171 Å². The van der Waals surface area contributed by atoms with Crippen LogP contribution in [0.1, 0.15) is 41.9 Å². The summed E-state index contributed by atoms with van der Waals surface area (Å²) in [6.45, 7) is 3.25. The summed E-state index contributed by atoms with van der Waals surface area (Å²) in [5, 5.41) is 10.4. The number of amidine groups is 1. The monoisotopic (exact) mass is 495 g/mol. The van der Waals surface area contributed by atoms with Gasteiger partial charge in [-0.25, -0.2) is 29.7 Å². The van der Waals surface area contributed by atoms with Crippen molar-refractivity contribution in [2.45, 2.75) is 38.5 Å². The molecule has 12 heteroatoms. The number of methoxy groups -OCH3 is 1. The summed E-state index contributed by atoms with van der Waals surface area (Å²) in [5.41, 5.74) is 17.0. The standard InChI is InChI=1S/C24H26FN7O4/c1-4-24(34,22(26)33)36-32-21-20-12(2)28-23(27)31-18(20)11-17(30-21)14-9-8-13(25)10-15(14)16-6-5-7-19(29-16)35-3/h5-10,17,34H,4,11H2,1-3H3,(H2,26,33)(H,30,32)(H2,27,28,31). The maximum Gasteiger partial charge on any atom is 0.279 e. The first-order valence-corrected chi connectivity index (χ1v) is 11.1. The molecule has 0 spiro atoms. The molecule has 0 radical (unpaired) electrons. The number of aliphatic hydroxyl groups is 1. The molecular formula is C24H26FN7O4. The van der Waals surface area contributed by atoms with Crippen LogP contribution in [0.3, 0.4) is 0 Å². The van der Waals surface area contributed by atoms with Crippen LogP contribution in [0.15, 0.2) is 41.4 Å². The second-order valence-corrected chi connectivity index (χ2v) is 8.19. The molecule has 0 bridgehead atoms. The summed E-state index contributed by atoms with van der Waals surface area (Å²) >= 11 is 0. The van der Waals surface area contributed by atoms with E-state index in [2.05, 4.69) is 20.4 Å². The van der Waals surface area contributed by atoms with E-state index in [1.165, 1.54) is 26.2 Å². The Morgan fingerprint density at radius 1 is 1.28 bits per heavy atom. The number of aromatic nitrogens is 3. The van der Waals surface area contributed by atoms with E-state index in [9.17, 15) is 14.3 Å². The van der Waals surface area contributed by atoms with E-state index in [4.69, 9.17) is 26.0 Å². The normalized spacial score (nSPS) is 16.5. The van der Waals surface area contributed by atoms with E-state index in [0.717, 1.165) is 0 Å². The summed E-state index contributed by atoms with van der Waals surface area (Å²) in [4.78, 5) is 34.8. The third kappa shape index (κ3) is 4.81. The van der Waals surface area contributed by atoms with E-state index in [1.807, 2.05) is 0 Å². The van der Waals surface area contributed by atoms with E-state index >= 15 is 0 Å². The van der Waals surface area contributed by atoms with E-state index in [0.29, 0.717) is 46.1 Å². The number of nitrogen functional groups attached to an aromatic ring is 1. The summed E-state index contributed by atoms with van der Waals surface area (Å²) < 4.78 is 19.6. The zero-order valence-corrected chi connectivity index (χ0v) is 19.9. The second-order valence-electron chi connectivity index (χ2n) is 8.19. The molecule has 2 atom stereocenters. The van der Waals surface area contributed by atoms with Crippen LogP contribution in [-0.4, -0.2) is 44.7 Å². The Labute approximate surface area is 206 Å². The highest BCUT2D eigenvalue weighted by atomic mass is 19.1. The number of rotatable bonds is 7. The maximum absolute atomic E-state index is 14.3. The number of hydrogen-bond donors (Lipinski definition) is 4. The number of nitrogens with one attached hydrogen (secondary N) is 1. The minimum absolute atomic E-state index is 0.0724. The van der Waals surface area contributed by atoms with Gasteiger partial charge in [-0.2, -0.15) is 0 Å². The van der Waals surface area contributed by atoms with Gasteiger partial charge in [0.1, 0.15) is 5.82 Å². The molecule has 0 saturated carbocycles. The van der Waals surface area contributed by atoms with Gasteiger partial charge in [-0.3, -0.25) is 9.79 Å². The molecule has 3 heterocycles. The van der Waals surface area contributed by atoms with Crippen LogP contribution < -0.4 is 21.7 Å². The smallest absolute Gasteiger partial charge is 0.279 e. The molecule has 1 aromatic carbocycles. The minimum Gasteiger partial charge on any atom is -0.481 e. The van der Waals surface area contributed by atoms with Gasteiger partial charge in [0.25, 0.3) is 11.7 Å². The van der Waals surface area contributed by atoms with Gasteiger partial charge >= 0.3 is 0 Å². The molecule has 1 aliphatic rings. The maximum atomic E-state index is 14.3. The van der Waals surface area contributed by atoms with Crippen LogP contribution in [0.2, 0.25) is 0 Å². The number of nitrogens with zero attached hydrogens (tertiary/aromatic N) is 4. The van der Waals surface area contributed by atoms with Crippen molar-refractivity contribution in [2.75, 3.05) is 12.8 Å². The molecule has 4 rings (SSSR count). The van der Waals surface area contributed by atoms with E-state index in [1.54, 1.807) is 31.2 Å². The summed E-state index contributed by atoms with van der Waals surface area (Å²) in [6, 6.07) is 8.92. The number of ether oxygens (including phenoxy) is 1. The van der Waals surface area contributed by atoms with Crippen molar-refractivity contribution in [1.82, 2.24) is 20.4 Å². The van der Waals surface area contributed by atoms with Gasteiger partial charge in [0.2, 0.25) is 11.8 Å². The molecule has 188 valence electrons. The number of carbonyl (C=O) groups excluding carboxylic acids is 1. The number of pyridine rings is 1. The lowest BCUT2D eigenvalue weighted by Gasteiger charge is -2.28. The minimum atomic E-state index is -2.27. The van der Waals surface area contributed by atoms with Crippen LogP contribution in [0, 0.1) is 12.7 Å². The van der Waals surface area contributed by atoms with Crippen molar-refractivity contribution in [2.24, 2.45) is 10.7 Å². The molecule has 11 nitrogen and oxygen atoms in total. The molecule has 0 aliphatic carbocycles. The molecule has 1 aliphatic heterocycles. The van der Waals surface area contributed by atoms with Crippen LogP contribution in [0.5, 0.6) is 5.88 Å². The quantitative estimate of drug-likeness (QED) is 0.281. The Kier molecular flexibility index (Phi) is 6.82. The van der Waals surface area contributed by atoms with Crippen LogP contribution in [0.4, 0.5) is 10.3 Å². The number of benzene rings is 1. The molecule has 2 aromatic heterocycles. The predicted octanol–water partition coefficient (Wildman–Crippen LogP) is 1.73. The number of hydrogen-bond acceptors (Lipinski definition) is 10. The van der Waals surface area contributed by atoms with Crippen molar-refractivity contribution in [3.63, 3.8) is 0 Å². The Hall–Kier alpha value is -4.16. The number of amides is 1. The van der Waals surface area contributed by atoms with Gasteiger partial charge in [-0.1, -0.05) is 19.1 Å². The fourth-order valence-corrected chi connectivity index (χ4v) is 3.97. The van der Waals surface area contributed by atoms with Gasteiger partial charge < -0.3 is 21.3 Å². The average Bonchev–Trinajstić information content (AvgIpc) is 2.86. The molecule has 2 unspecified atom stereocenters. The number of halogens is 1. The lowest BCUT2D eigenvalue weighted by Crippen LogP contribution is -2.50. The number of carbonyl (C=O) groups is 1. The molecule has 0 fully saturated rings. The lowest BCUT2D eigenvalue weighted by molar-refractivity contribution is -0.220. The van der Waals surface area contributed by atoms with E-state index in [-0.39, 0.29) is 18.2 Å². The Bertz CT molecular complexity index is 1350. The second kappa shape index (κ2) is 9.84. The lowest BCUT2D eigenvalue weighted by atomic mass is 9.91. The SMILES string of the molecule is CCC(O)(ONC1=NC(c2ccc(F)cc2-c2cccc(OC)n2)Cc2nc(N)nc(C)c21)C(N)=O. The van der Waals surface area contributed by atoms with Crippen molar-refractivity contribution in [1.29, 1.82) is 0 Å². The van der Waals surface area contributed by atoms with E-state index < -0.39 is 23.6 Å². The first kappa shape index (κ1) is 24.9. The largest absolute Gasteiger partial charge is 0.481 e. The molecule has 6 N–H and O–H groups in total. The van der Waals surface area contributed by atoms with Gasteiger partial charge in [0.05, 0.1) is 35.8 Å². The molecule has 0 saturated heterocycles. The summed E-state index contributed by atoms with van der Waals surface area (Å²) in [6.07, 6.45) is 0.199. The third-order valence-corrected chi connectivity index (χ3v) is 5.85. The van der Waals surface area contributed by atoms with Gasteiger partial charge in [0, 0.05) is 24.5 Å². The predicted molar refractivity (Wildman–Crippen MR) is 129 cm³/mol. The fourth-order valence-electron chi connectivity index (χ4n) is 3.97. The fraction of sp³-hybridized carbons (Fsp3) is 0.292. The van der Waals surface area contributed by atoms with Crippen LogP contribution >= 0.6 is 0 Å². The molecule has 1 amide bonds. The van der Waals surface area contributed by atoms with Crippen LogP contribution in [-0.2, 0) is 16.1 Å². The summed E-state index contributed by atoms with van der Waals surface area (Å²) in [7, 11) is 1.49. The molecule has 36 heavy (non-hydrogen) atoms. The average molecular weight is 496 g/mol. The van der Waals surface area contributed by atoms with Crippen molar-refractivity contribution in [3.05, 3.63) is 64.7 Å². The number of hydroxylamine groups is 1. The first-order chi connectivity index (χ1) is 17.1. The number of aryl methyl sites for hydroxylation is 1.